The number of aromatic nitrogens is 2. The Labute approximate surface area is 72.6 Å². The highest BCUT2D eigenvalue weighted by molar-refractivity contribution is 5.00. The maximum absolute atomic E-state index is 6.18. The van der Waals surface area contributed by atoms with Crippen molar-refractivity contribution >= 4 is 0 Å². The lowest BCUT2D eigenvalue weighted by atomic mass is 10.1. The average molecular weight is 165 g/mol. The van der Waals surface area contributed by atoms with E-state index in [1.165, 1.54) is 12.8 Å². The van der Waals surface area contributed by atoms with E-state index >= 15 is 0 Å². The molecule has 0 radical (unpaired) electrons. The normalized spacial score (nSPS) is 22.2. The Balaban J connectivity index is 2.27. The number of hydrogen-bond acceptors (Lipinski definition) is 2. The van der Waals surface area contributed by atoms with E-state index in [0.29, 0.717) is 5.92 Å². The quantitative estimate of drug-likeness (QED) is 0.716. The summed E-state index contributed by atoms with van der Waals surface area (Å²) >= 11 is 0. The van der Waals surface area contributed by atoms with Gasteiger partial charge in [-0.2, -0.15) is 0 Å². The second-order valence-corrected chi connectivity index (χ2v) is 3.92. The number of nitrogens with zero attached hydrogens (tertiary/aromatic N) is 2. The molecule has 1 aromatic heterocycles. The Morgan fingerprint density at radius 1 is 1.67 bits per heavy atom. The first-order chi connectivity index (χ1) is 5.60. The van der Waals surface area contributed by atoms with Crippen LogP contribution in [0, 0.1) is 12.8 Å². The first-order valence-electron chi connectivity index (χ1n) is 4.40. The second-order valence-electron chi connectivity index (χ2n) is 3.92. The molecule has 3 heteroatoms. The molecule has 2 N–H and O–H groups in total. The zero-order valence-electron chi connectivity index (χ0n) is 7.62. The van der Waals surface area contributed by atoms with E-state index in [-0.39, 0.29) is 5.66 Å². The van der Waals surface area contributed by atoms with Gasteiger partial charge in [-0.05, 0) is 32.6 Å². The summed E-state index contributed by atoms with van der Waals surface area (Å²) in [6, 6.07) is 0. The van der Waals surface area contributed by atoms with E-state index in [9.17, 15) is 0 Å². The van der Waals surface area contributed by atoms with Gasteiger partial charge in [0.2, 0.25) is 0 Å². The fourth-order valence-electron chi connectivity index (χ4n) is 1.56. The summed E-state index contributed by atoms with van der Waals surface area (Å²) in [6.07, 6.45) is 6.35. The van der Waals surface area contributed by atoms with Crippen LogP contribution in [-0.2, 0) is 5.66 Å². The lowest BCUT2D eigenvalue weighted by Gasteiger charge is -2.25. The molecular weight excluding hydrogens is 150 g/mol. The van der Waals surface area contributed by atoms with E-state index in [1.807, 2.05) is 24.0 Å². The minimum atomic E-state index is -0.221. The third-order valence-electron chi connectivity index (χ3n) is 2.67. The molecule has 1 aliphatic carbocycles. The first kappa shape index (κ1) is 7.80. The van der Waals surface area contributed by atoms with Gasteiger partial charge in [-0.25, -0.2) is 4.98 Å². The van der Waals surface area contributed by atoms with Crippen molar-refractivity contribution in [1.82, 2.24) is 9.55 Å². The molecule has 12 heavy (non-hydrogen) atoms. The zero-order chi connectivity index (χ0) is 8.77. The Bertz CT molecular complexity index is 284. The smallest absolute Gasteiger partial charge is 0.0964 e. The maximum atomic E-state index is 6.18. The molecule has 1 aliphatic rings. The molecule has 0 saturated heterocycles. The van der Waals surface area contributed by atoms with Crippen molar-refractivity contribution in [2.75, 3.05) is 0 Å². The minimum absolute atomic E-state index is 0.221. The third-order valence-corrected chi connectivity index (χ3v) is 2.67. The highest BCUT2D eigenvalue weighted by Crippen LogP contribution is 2.40. The van der Waals surface area contributed by atoms with Gasteiger partial charge in [0.25, 0.3) is 0 Å². The number of aryl methyl sites for hydroxylation is 1. The molecule has 0 aromatic carbocycles. The van der Waals surface area contributed by atoms with E-state index in [4.69, 9.17) is 5.73 Å². The van der Waals surface area contributed by atoms with Crippen LogP contribution in [0.25, 0.3) is 0 Å². The van der Waals surface area contributed by atoms with Crippen LogP contribution in [0.4, 0.5) is 0 Å². The predicted octanol–water partition coefficient (Wildman–Crippen LogP) is 1.23. The Morgan fingerprint density at radius 2 is 2.33 bits per heavy atom. The summed E-state index contributed by atoms with van der Waals surface area (Å²) in [4.78, 5) is 4.18. The maximum Gasteiger partial charge on any atom is 0.0964 e. The molecule has 0 bridgehead atoms. The second kappa shape index (κ2) is 2.33. The van der Waals surface area contributed by atoms with Gasteiger partial charge >= 0.3 is 0 Å². The van der Waals surface area contributed by atoms with Crippen molar-refractivity contribution in [2.24, 2.45) is 11.7 Å². The van der Waals surface area contributed by atoms with Crippen LogP contribution in [0.5, 0.6) is 0 Å². The largest absolute Gasteiger partial charge is 0.319 e. The fourth-order valence-corrected chi connectivity index (χ4v) is 1.56. The summed E-state index contributed by atoms with van der Waals surface area (Å²) < 4.78 is 2.03. The van der Waals surface area contributed by atoms with Crippen LogP contribution in [0.3, 0.4) is 0 Å². The number of imidazole rings is 1. The molecule has 1 saturated carbocycles. The molecule has 0 amide bonds. The van der Waals surface area contributed by atoms with Crippen LogP contribution in [-0.4, -0.2) is 9.55 Å². The van der Waals surface area contributed by atoms with Gasteiger partial charge in [0.05, 0.1) is 17.7 Å². The SMILES string of the molecule is Cc1cn(C(C)(N)C2CC2)cn1. The van der Waals surface area contributed by atoms with Gasteiger partial charge in [-0.15, -0.1) is 0 Å². The van der Waals surface area contributed by atoms with E-state index in [1.54, 1.807) is 0 Å². The lowest BCUT2D eigenvalue weighted by Crippen LogP contribution is -2.41. The zero-order valence-corrected chi connectivity index (χ0v) is 7.62. The molecular formula is C9H15N3. The highest BCUT2D eigenvalue weighted by atomic mass is 15.2. The minimum Gasteiger partial charge on any atom is -0.319 e. The van der Waals surface area contributed by atoms with Crippen molar-refractivity contribution in [1.29, 1.82) is 0 Å². The molecule has 1 atom stereocenters. The highest BCUT2D eigenvalue weighted by Gasteiger charge is 2.39. The summed E-state index contributed by atoms with van der Waals surface area (Å²) in [5.41, 5.74) is 6.99. The molecule has 0 aliphatic heterocycles. The molecule has 0 spiro atoms. The van der Waals surface area contributed by atoms with Crippen LogP contribution in [0.1, 0.15) is 25.5 Å². The molecule has 1 unspecified atom stereocenters. The summed E-state index contributed by atoms with van der Waals surface area (Å²) in [5, 5.41) is 0. The number of hydrogen-bond donors (Lipinski definition) is 1. The molecule has 2 rings (SSSR count). The van der Waals surface area contributed by atoms with Gasteiger partial charge in [0, 0.05) is 6.20 Å². The van der Waals surface area contributed by atoms with Crippen LogP contribution in [0.15, 0.2) is 12.5 Å². The Hall–Kier alpha value is -0.830. The van der Waals surface area contributed by atoms with E-state index in [2.05, 4.69) is 11.9 Å². The summed E-state index contributed by atoms with van der Waals surface area (Å²) in [5.74, 6) is 0.645. The van der Waals surface area contributed by atoms with E-state index in [0.717, 1.165) is 5.69 Å². The first-order valence-corrected chi connectivity index (χ1v) is 4.40. The monoisotopic (exact) mass is 165 g/mol. The average Bonchev–Trinajstić information content (AvgIpc) is 2.75. The fraction of sp³-hybridized carbons (Fsp3) is 0.667. The van der Waals surface area contributed by atoms with Crippen LogP contribution in [0.2, 0.25) is 0 Å². The molecule has 1 fully saturated rings. The Kier molecular flexibility index (Phi) is 1.51. The summed E-state index contributed by atoms with van der Waals surface area (Å²) in [6.45, 7) is 4.06. The van der Waals surface area contributed by atoms with Gasteiger partial charge in [-0.1, -0.05) is 0 Å². The molecule has 66 valence electrons. The van der Waals surface area contributed by atoms with Gasteiger partial charge < -0.3 is 10.3 Å². The van der Waals surface area contributed by atoms with Crippen molar-refractivity contribution in [3.8, 4) is 0 Å². The number of rotatable bonds is 2. The van der Waals surface area contributed by atoms with Crippen molar-refractivity contribution in [2.45, 2.75) is 32.4 Å². The summed E-state index contributed by atoms with van der Waals surface area (Å²) in [7, 11) is 0. The molecule has 1 aromatic rings. The van der Waals surface area contributed by atoms with Crippen LogP contribution < -0.4 is 5.73 Å². The van der Waals surface area contributed by atoms with Crippen molar-refractivity contribution < 1.29 is 0 Å². The van der Waals surface area contributed by atoms with Crippen molar-refractivity contribution in [3.05, 3.63) is 18.2 Å². The third kappa shape index (κ3) is 1.14. The Morgan fingerprint density at radius 3 is 2.75 bits per heavy atom. The van der Waals surface area contributed by atoms with Gasteiger partial charge in [-0.3, -0.25) is 0 Å². The van der Waals surface area contributed by atoms with Crippen LogP contribution >= 0.6 is 0 Å². The van der Waals surface area contributed by atoms with Gasteiger partial charge in [0.15, 0.2) is 0 Å². The lowest BCUT2D eigenvalue weighted by molar-refractivity contribution is 0.282. The van der Waals surface area contributed by atoms with E-state index < -0.39 is 0 Å². The topological polar surface area (TPSA) is 43.8 Å². The van der Waals surface area contributed by atoms with Crippen molar-refractivity contribution in [3.63, 3.8) is 0 Å². The standard InChI is InChI=1S/C9H15N3/c1-7-5-12(6-11-7)9(2,10)8-3-4-8/h5-6,8H,3-4,10H2,1-2H3. The molecule has 3 nitrogen and oxygen atoms in total. The molecule has 1 heterocycles. The predicted molar refractivity (Wildman–Crippen MR) is 47.5 cm³/mol. The van der Waals surface area contributed by atoms with Gasteiger partial charge in [0.1, 0.15) is 0 Å². The number of nitrogens with two attached hydrogens (primary N) is 1.